The molecule has 3 aromatic rings. The van der Waals surface area contributed by atoms with Crippen LogP contribution in [0.3, 0.4) is 0 Å². The number of aromatic nitrogens is 1. The van der Waals surface area contributed by atoms with Gasteiger partial charge in [-0.2, -0.15) is 0 Å². The minimum atomic E-state index is -0.416. The average molecular weight is 319 g/mol. The zero-order valence-corrected chi connectivity index (χ0v) is 13.5. The highest BCUT2D eigenvalue weighted by Crippen LogP contribution is 2.21. The van der Waals surface area contributed by atoms with Gasteiger partial charge in [0.05, 0.1) is 10.6 Å². The van der Waals surface area contributed by atoms with Crippen LogP contribution in [-0.4, -0.2) is 15.7 Å². The number of aliphatic imine (C=N–C) groups is 1. The maximum atomic E-state index is 10.7. The van der Waals surface area contributed by atoms with Gasteiger partial charge in [-0.05, 0) is 44.2 Å². The molecular weight excluding hydrogens is 302 g/mol. The summed E-state index contributed by atoms with van der Waals surface area (Å²) < 4.78 is 2.18. The topological polar surface area (TPSA) is 60.4 Å². The van der Waals surface area contributed by atoms with E-state index in [-0.39, 0.29) is 5.69 Å². The summed E-state index contributed by atoms with van der Waals surface area (Å²) in [6.45, 7) is 4.11. The molecule has 0 aliphatic rings. The van der Waals surface area contributed by atoms with Gasteiger partial charge >= 0.3 is 0 Å². The zero-order chi connectivity index (χ0) is 17.1. The molecule has 0 atom stereocenters. The van der Waals surface area contributed by atoms with Crippen molar-refractivity contribution in [2.75, 3.05) is 0 Å². The Morgan fingerprint density at radius 1 is 1.04 bits per heavy atom. The summed E-state index contributed by atoms with van der Waals surface area (Å²) in [6, 6.07) is 18.4. The number of hydrogen-bond donors (Lipinski definition) is 0. The Labute approximate surface area is 140 Å². The van der Waals surface area contributed by atoms with Crippen LogP contribution in [0, 0.1) is 24.0 Å². The Balaban J connectivity index is 1.89. The smallest absolute Gasteiger partial charge is 0.269 e. The molecule has 0 aliphatic heterocycles. The van der Waals surface area contributed by atoms with Crippen LogP contribution in [0.1, 0.15) is 17.0 Å². The molecule has 1 aromatic heterocycles. The number of rotatable bonds is 4. The average Bonchev–Trinajstić information content (AvgIpc) is 2.88. The van der Waals surface area contributed by atoms with Crippen molar-refractivity contribution in [3.63, 3.8) is 0 Å². The lowest BCUT2D eigenvalue weighted by atomic mass is 10.2. The SMILES string of the molecule is Cc1cc(C=Nc2ccc([N+](=O)[O-])cc2)c(C)n1-c1ccccc1. The van der Waals surface area contributed by atoms with Crippen LogP contribution in [0.4, 0.5) is 11.4 Å². The number of hydrogen-bond acceptors (Lipinski definition) is 3. The van der Waals surface area contributed by atoms with Gasteiger partial charge in [0, 0.05) is 41.0 Å². The molecule has 24 heavy (non-hydrogen) atoms. The Morgan fingerprint density at radius 2 is 1.71 bits per heavy atom. The Kier molecular flexibility index (Phi) is 4.24. The minimum absolute atomic E-state index is 0.0659. The molecule has 0 amide bonds. The quantitative estimate of drug-likeness (QED) is 0.396. The summed E-state index contributed by atoms with van der Waals surface area (Å²) in [7, 11) is 0. The highest BCUT2D eigenvalue weighted by molar-refractivity contribution is 5.84. The van der Waals surface area contributed by atoms with Crippen molar-refractivity contribution < 1.29 is 4.92 Å². The van der Waals surface area contributed by atoms with E-state index in [4.69, 9.17) is 0 Å². The summed E-state index contributed by atoms with van der Waals surface area (Å²) in [4.78, 5) is 14.7. The van der Waals surface area contributed by atoms with Gasteiger partial charge in [-0.15, -0.1) is 0 Å². The first-order valence-electron chi connectivity index (χ1n) is 7.59. The summed E-state index contributed by atoms with van der Waals surface area (Å²) in [5, 5.41) is 10.7. The first kappa shape index (κ1) is 15.7. The van der Waals surface area contributed by atoms with E-state index in [9.17, 15) is 10.1 Å². The van der Waals surface area contributed by atoms with Gasteiger partial charge in [0.25, 0.3) is 5.69 Å². The van der Waals surface area contributed by atoms with Gasteiger partial charge in [0.1, 0.15) is 0 Å². The van der Waals surface area contributed by atoms with Crippen LogP contribution in [-0.2, 0) is 0 Å². The molecule has 1 heterocycles. The van der Waals surface area contributed by atoms with E-state index in [0.717, 1.165) is 22.6 Å². The third-order valence-electron chi connectivity index (χ3n) is 3.90. The first-order valence-corrected chi connectivity index (χ1v) is 7.59. The van der Waals surface area contributed by atoms with E-state index in [1.54, 1.807) is 18.3 Å². The molecule has 5 nitrogen and oxygen atoms in total. The van der Waals surface area contributed by atoms with Gasteiger partial charge in [0.2, 0.25) is 0 Å². The molecule has 5 heteroatoms. The number of para-hydroxylation sites is 1. The van der Waals surface area contributed by atoms with Gasteiger partial charge in [0.15, 0.2) is 0 Å². The number of benzene rings is 2. The van der Waals surface area contributed by atoms with Crippen LogP contribution in [0.5, 0.6) is 0 Å². The van der Waals surface area contributed by atoms with Crippen LogP contribution >= 0.6 is 0 Å². The third-order valence-corrected chi connectivity index (χ3v) is 3.90. The molecule has 2 aromatic carbocycles. The standard InChI is InChI=1S/C19H17N3O2/c1-14-12-16(15(2)21(14)18-6-4-3-5-7-18)13-20-17-8-10-19(11-9-17)22(23)24/h3-13H,1-2H3. The lowest BCUT2D eigenvalue weighted by molar-refractivity contribution is -0.384. The molecule has 3 rings (SSSR count). The summed E-state index contributed by atoms with van der Waals surface area (Å²) in [5.41, 5.74) is 5.12. The van der Waals surface area contributed by atoms with Crippen molar-refractivity contribution in [1.82, 2.24) is 4.57 Å². The molecule has 0 aliphatic carbocycles. The van der Waals surface area contributed by atoms with Crippen molar-refractivity contribution in [2.24, 2.45) is 4.99 Å². The predicted molar refractivity (Wildman–Crippen MR) is 95.6 cm³/mol. The number of nitro groups is 1. The monoisotopic (exact) mass is 319 g/mol. The van der Waals surface area contributed by atoms with Crippen molar-refractivity contribution in [2.45, 2.75) is 13.8 Å². The summed E-state index contributed by atoms with van der Waals surface area (Å²) in [5.74, 6) is 0. The highest BCUT2D eigenvalue weighted by Gasteiger charge is 2.09. The second-order valence-electron chi connectivity index (χ2n) is 5.53. The molecule has 0 N–H and O–H groups in total. The largest absolute Gasteiger partial charge is 0.318 e. The van der Waals surface area contributed by atoms with Crippen LogP contribution in [0.2, 0.25) is 0 Å². The lowest BCUT2D eigenvalue weighted by Crippen LogP contribution is -1.98. The maximum Gasteiger partial charge on any atom is 0.269 e. The Hall–Kier alpha value is -3.21. The van der Waals surface area contributed by atoms with E-state index in [1.807, 2.05) is 18.2 Å². The van der Waals surface area contributed by atoms with Gasteiger partial charge < -0.3 is 4.57 Å². The van der Waals surface area contributed by atoms with Crippen LogP contribution in [0.25, 0.3) is 5.69 Å². The van der Waals surface area contributed by atoms with Crippen LogP contribution < -0.4 is 0 Å². The van der Waals surface area contributed by atoms with Crippen molar-refractivity contribution in [3.8, 4) is 5.69 Å². The zero-order valence-electron chi connectivity index (χ0n) is 13.5. The second kappa shape index (κ2) is 6.50. The first-order chi connectivity index (χ1) is 11.6. The highest BCUT2D eigenvalue weighted by atomic mass is 16.6. The van der Waals surface area contributed by atoms with E-state index >= 15 is 0 Å². The molecule has 0 bridgehead atoms. The molecule has 0 saturated heterocycles. The number of non-ortho nitro benzene ring substituents is 1. The lowest BCUT2D eigenvalue weighted by Gasteiger charge is -2.08. The molecule has 0 fully saturated rings. The number of nitrogens with zero attached hydrogens (tertiary/aromatic N) is 3. The van der Waals surface area contributed by atoms with Gasteiger partial charge in [-0.25, -0.2) is 0 Å². The fourth-order valence-electron chi connectivity index (χ4n) is 2.70. The Morgan fingerprint density at radius 3 is 2.33 bits per heavy atom. The fraction of sp³-hybridized carbons (Fsp3) is 0.105. The normalized spacial score (nSPS) is 11.1. The van der Waals surface area contributed by atoms with E-state index in [1.165, 1.54) is 12.1 Å². The molecule has 0 saturated carbocycles. The molecular formula is C19H17N3O2. The van der Waals surface area contributed by atoms with E-state index in [0.29, 0.717) is 5.69 Å². The fourth-order valence-corrected chi connectivity index (χ4v) is 2.70. The van der Waals surface area contributed by atoms with Gasteiger partial charge in [-0.3, -0.25) is 15.1 Å². The second-order valence-corrected chi connectivity index (χ2v) is 5.53. The maximum absolute atomic E-state index is 10.7. The van der Waals surface area contributed by atoms with Crippen molar-refractivity contribution >= 4 is 17.6 Å². The third kappa shape index (κ3) is 3.10. The number of nitro benzene ring substituents is 1. The summed E-state index contributed by atoms with van der Waals surface area (Å²) >= 11 is 0. The summed E-state index contributed by atoms with van der Waals surface area (Å²) in [6.07, 6.45) is 1.79. The van der Waals surface area contributed by atoms with Crippen molar-refractivity contribution in [3.05, 3.63) is 87.7 Å². The predicted octanol–water partition coefficient (Wildman–Crippen LogP) is 4.75. The minimum Gasteiger partial charge on any atom is -0.318 e. The Bertz CT molecular complexity index is 894. The van der Waals surface area contributed by atoms with Crippen LogP contribution in [0.15, 0.2) is 65.7 Å². The molecule has 0 radical (unpaired) electrons. The van der Waals surface area contributed by atoms with E-state index < -0.39 is 4.92 Å². The van der Waals surface area contributed by atoms with Crippen molar-refractivity contribution in [1.29, 1.82) is 0 Å². The van der Waals surface area contributed by atoms with E-state index in [2.05, 4.69) is 41.6 Å². The molecule has 0 spiro atoms. The molecule has 120 valence electrons. The number of aryl methyl sites for hydroxylation is 1. The van der Waals surface area contributed by atoms with Gasteiger partial charge in [-0.1, -0.05) is 18.2 Å². The molecule has 0 unspecified atom stereocenters.